The van der Waals surface area contributed by atoms with Crippen molar-refractivity contribution < 1.29 is 22.5 Å². The first-order valence-corrected chi connectivity index (χ1v) is 9.50. The summed E-state index contributed by atoms with van der Waals surface area (Å²) < 4.78 is 46.1. The molecule has 0 aliphatic rings. The maximum absolute atomic E-state index is 13.1. The summed E-state index contributed by atoms with van der Waals surface area (Å²) in [6.45, 7) is 0. The van der Waals surface area contributed by atoms with Crippen LogP contribution >= 0.6 is 0 Å². The Morgan fingerprint density at radius 2 is 1.71 bits per heavy atom. The number of methoxy groups -OCH3 is 1. The van der Waals surface area contributed by atoms with Gasteiger partial charge in [-0.25, -0.2) is 12.8 Å². The van der Waals surface area contributed by atoms with E-state index in [0.717, 1.165) is 6.07 Å². The molecular formula is C19H15FN2O5S. The zero-order chi connectivity index (χ0) is 20.3. The highest BCUT2D eigenvalue weighted by Crippen LogP contribution is 2.31. The Hall–Kier alpha value is -3.46. The number of nitro benzene ring substituents is 1. The first-order chi connectivity index (χ1) is 13.3. The van der Waals surface area contributed by atoms with Crippen LogP contribution in [0.4, 0.5) is 15.8 Å². The van der Waals surface area contributed by atoms with Crippen LogP contribution in [0.2, 0.25) is 0 Å². The molecule has 0 aliphatic carbocycles. The fourth-order valence-electron chi connectivity index (χ4n) is 2.57. The van der Waals surface area contributed by atoms with Crippen LogP contribution in [0.5, 0.6) is 5.75 Å². The average molecular weight is 402 g/mol. The number of nitro groups is 1. The Balaban J connectivity index is 1.95. The first kappa shape index (κ1) is 19.3. The van der Waals surface area contributed by atoms with Gasteiger partial charge in [-0.15, -0.1) is 0 Å². The molecule has 9 heteroatoms. The van der Waals surface area contributed by atoms with E-state index in [1.165, 1.54) is 43.5 Å². The number of hydrogen-bond donors (Lipinski definition) is 1. The Kier molecular flexibility index (Phi) is 5.27. The van der Waals surface area contributed by atoms with Gasteiger partial charge in [-0.3, -0.25) is 14.8 Å². The van der Waals surface area contributed by atoms with Crippen LogP contribution in [0, 0.1) is 15.9 Å². The van der Waals surface area contributed by atoms with E-state index in [9.17, 15) is 22.9 Å². The summed E-state index contributed by atoms with van der Waals surface area (Å²) in [5.74, 6) is -0.369. The second kappa shape index (κ2) is 7.65. The van der Waals surface area contributed by atoms with Gasteiger partial charge in [0, 0.05) is 6.07 Å². The van der Waals surface area contributed by atoms with Gasteiger partial charge in [0.25, 0.3) is 15.7 Å². The topological polar surface area (TPSA) is 98.5 Å². The van der Waals surface area contributed by atoms with Crippen LogP contribution < -0.4 is 9.46 Å². The van der Waals surface area contributed by atoms with E-state index in [2.05, 4.69) is 4.72 Å². The highest BCUT2D eigenvalue weighted by molar-refractivity contribution is 7.92. The number of sulfonamides is 1. The number of halogens is 1. The van der Waals surface area contributed by atoms with Crippen LogP contribution in [0.25, 0.3) is 11.1 Å². The largest absolute Gasteiger partial charge is 0.494 e. The molecule has 1 N–H and O–H groups in total. The van der Waals surface area contributed by atoms with Crippen LogP contribution in [0.15, 0.2) is 71.6 Å². The molecule has 0 saturated heterocycles. The standard InChI is InChI=1S/C19H15FN2O5S/c1-27-19-12-16(22(23)24)9-10-18(19)21-28(25,26)17-4-2-3-14(11-17)13-5-7-15(20)8-6-13/h2-12,21H,1H3. The summed E-state index contributed by atoms with van der Waals surface area (Å²) in [6, 6.07) is 15.4. The summed E-state index contributed by atoms with van der Waals surface area (Å²) in [6.07, 6.45) is 0. The molecule has 3 aromatic rings. The van der Waals surface area contributed by atoms with Crippen LogP contribution in [-0.4, -0.2) is 20.5 Å². The summed E-state index contributed by atoms with van der Waals surface area (Å²) in [4.78, 5) is 10.2. The Morgan fingerprint density at radius 1 is 1.00 bits per heavy atom. The van der Waals surface area contributed by atoms with Crippen LogP contribution in [0.3, 0.4) is 0 Å². The van der Waals surface area contributed by atoms with Crippen molar-refractivity contribution in [1.29, 1.82) is 0 Å². The first-order valence-electron chi connectivity index (χ1n) is 8.01. The molecule has 0 heterocycles. The maximum atomic E-state index is 13.1. The molecule has 28 heavy (non-hydrogen) atoms. The highest BCUT2D eigenvalue weighted by Gasteiger charge is 2.19. The number of non-ortho nitro benzene ring substituents is 1. The molecule has 0 saturated carbocycles. The SMILES string of the molecule is COc1cc([N+](=O)[O-])ccc1NS(=O)(=O)c1cccc(-c2ccc(F)cc2)c1. The van der Waals surface area contributed by atoms with Crippen molar-refractivity contribution in [2.75, 3.05) is 11.8 Å². The normalized spacial score (nSPS) is 11.1. The molecule has 0 bridgehead atoms. The van der Waals surface area contributed by atoms with E-state index >= 15 is 0 Å². The molecular weight excluding hydrogens is 387 g/mol. The predicted molar refractivity (Wildman–Crippen MR) is 102 cm³/mol. The van der Waals surface area contributed by atoms with Gasteiger partial charge in [-0.2, -0.15) is 0 Å². The Labute approximate surface area is 160 Å². The fraction of sp³-hybridized carbons (Fsp3) is 0.0526. The van der Waals surface area contributed by atoms with Crippen molar-refractivity contribution in [2.45, 2.75) is 4.90 Å². The number of rotatable bonds is 6. The number of benzene rings is 3. The van der Waals surface area contributed by atoms with Crippen LogP contribution in [-0.2, 0) is 10.0 Å². The molecule has 0 aliphatic heterocycles. The molecule has 0 spiro atoms. The van der Waals surface area contributed by atoms with Gasteiger partial charge in [0.15, 0.2) is 0 Å². The molecule has 0 radical (unpaired) electrons. The van der Waals surface area contributed by atoms with Gasteiger partial charge < -0.3 is 4.74 Å². The van der Waals surface area contributed by atoms with Crippen molar-refractivity contribution in [3.05, 3.63) is 82.7 Å². The molecule has 144 valence electrons. The second-order valence-corrected chi connectivity index (χ2v) is 7.46. The fourth-order valence-corrected chi connectivity index (χ4v) is 3.68. The third-order valence-electron chi connectivity index (χ3n) is 3.96. The lowest BCUT2D eigenvalue weighted by atomic mass is 10.1. The van der Waals surface area contributed by atoms with E-state index in [1.807, 2.05) is 0 Å². The summed E-state index contributed by atoms with van der Waals surface area (Å²) in [5, 5.41) is 10.9. The lowest BCUT2D eigenvalue weighted by Crippen LogP contribution is -2.13. The van der Waals surface area contributed by atoms with Crippen molar-refractivity contribution in [1.82, 2.24) is 0 Å². The van der Waals surface area contributed by atoms with E-state index < -0.39 is 14.9 Å². The minimum Gasteiger partial charge on any atom is -0.494 e. The van der Waals surface area contributed by atoms with Gasteiger partial charge in [-0.1, -0.05) is 24.3 Å². The Morgan fingerprint density at radius 3 is 2.36 bits per heavy atom. The monoisotopic (exact) mass is 402 g/mol. The van der Waals surface area contributed by atoms with Crippen molar-refractivity contribution in [2.24, 2.45) is 0 Å². The molecule has 0 atom stereocenters. The predicted octanol–water partition coefficient (Wildman–Crippen LogP) is 4.21. The van der Waals surface area contributed by atoms with Crippen molar-refractivity contribution >= 4 is 21.4 Å². The molecule has 0 unspecified atom stereocenters. The molecule has 3 aromatic carbocycles. The van der Waals surface area contributed by atoms with Gasteiger partial charge >= 0.3 is 0 Å². The van der Waals surface area contributed by atoms with Gasteiger partial charge in [0.05, 0.1) is 28.7 Å². The minimum atomic E-state index is -3.99. The molecule has 0 amide bonds. The smallest absolute Gasteiger partial charge is 0.273 e. The lowest BCUT2D eigenvalue weighted by Gasteiger charge is -2.12. The summed E-state index contributed by atoms with van der Waals surface area (Å²) in [5.41, 5.74) is 1.10. The molecule has 3 rings (SSSR count). The summed E-state index contributed by atoms with van der Waals surface area (Å²) in [7, 11) is -2.71. The number of anilines is 1. The minimum absolute atomic E-state index is 0.0188. The van der Waals surface area contributed by atoms with E-state index in [1.54, 1.807) is 24.3 Å². The van der Waals surface area contributed by atoms with E-state index in [4.69, 9.17) is 4.74 Å². The van der Waals surface area contributed by atoms with Gasteiger partial charge in [0.2, 0.25) is 0 Å². The average Bonchev–Trinajstić information content (AvgIpc) is 2.68. The number of nitrogens with zero attached hydrogens (tertiary/aromatic N) is 1. The van der Waals surface area contributed by atoms with Crippen molar-refractivity contribution in [3.63, 3.8) is 0 Å². The maximum Gasteiger partial charge on any atom is 0.273 e. The highest BCUT2D eigenvalue weighted by atomic mass is 32.2. The number of hydrogen-bond acceptors (Lipinski definition) is 5. The molecule has 0 fully saturated rings. The van der Waals surface area contributed by atoms with E-state index in [-0.39, 0.29) is 27.8 Å². The summed E-state index contributed by atoms with van der Waals surface area (Å²) >= 11 is 0. The van der Waals surface area contributed by atoms with Gasteiger partial charge in [0.1, 0.15) is 11.6 Å². The second-order valence-electron chi connectivity index (χ2n) is 5.78. The third kappa shape index (κ3) is 4.09. The quantitative estimate of drug-likeness (QED) is 0.492. The third-order valence-corrected chi connectivity index (χ3v) is 5.33. The Bertz CT molecular complexity index is 1130. The lowest BCUT2D eigenvalue weighted by molar-refractivity contribution is -0.384. The number of nitrogens with one attached hydrogen (secondary N) is 1. The van der Waals surface area contributed by atoms with E-state index in [0.29, 0.717) is 11.1 Å². The van der Waals surface area contributed by atoms with Crippen molar-refractivity contribution in [3.8, 4) is 16.9 Å². The number of ether oxygens (including phenoxy) is 1. The molecule has 7 nitrogen and oxygen atoms in total. The van der Waals surface area contributed by atoms with Gasteiger partial charge in [-0.05, 0) is 41.5 Å². The molecule has 0 aromatic heterocycles. The van der Waals surface area contributed by atoms with Crippen LogP contribution in [0.1, 0.15) is 0 Å². The zero-order valence-corrected chi connectivity index (χ0v) is 15.4. The zero-order valence-electron chi connectivity index (χ0n) is 14.6.